The summed E-state index contributed by atoms with van der Waals surface area (Å²) in [6.45, 7) is 0. The summed E-state index contributed by atoms with van der Waals surface area (Å²) in [5.74, 6) is 0. The van der Waals surface area contributed by atoms with E-state index in [9.17, 15) is 0 Å². The second-order valence-electron chi connectivity index (χ2n) is 0. The Balaban J connectivity index is 0. The van der Waals surface area contributed by atoms with Gasteiger partial charge in [0.15, 0.2) is 0 Å². The molecule has 0 aromatic carbocycles. The van der Waals surface area contributed by atoms with Crippen molar-refractivity contribution in [2.24, 2.45) is 0 Å². The second kappa shape index (κ2) is 32.9. The molecule has 1 radical (unpaired) electrons. The summed E-state index contributed by atoms with van der Waals surface area (Å²) in [5.41, 5.74) is 0. The smallest absolute Gasteiger partial charge is 0 e. The van der Waals surface area contributed by atoms with E-state index in [0.717, 1.165) is 0 Å². The summed E-state index contributed by atoms with van der Waals surface area (Å²) in [5, 5.41) is 0. The molecule has 0 aliphatic carbocycles. The molecule has 4 heavy (non-hydrogen) atoms. The van der Waals surface area contributed by atoms with E-state index in [4.69, 9.17) is 0 Å². The largest absolute Gasteiger partial charge is 0.412 e. The van der Waals surface area contributed by atoms with Gasteiger partial charge in [0.1, 0.15) is 0 Å². The summed E-state index contributed by atoms with van der Waals surface area (Å²) in [6, 6.07) is 0. The molecule has 0 spiro atoms. The van der Waals surface area contributed by atoms with E-state index in [1.54, 1.807) is 0 Å². The Hall–Kier alpha value is 1.09. The van der Waals surface area contributed by atoms with E-state index in [-0.39, 0.29) is 48.2 Å². The van der Waals surface area contributed by atoms with Crippen LogP contribution in [0.4, 0.5) is 0 Å². The van der Waals surface area contributed by atoms with Gasteiger partial charge in [-0.15, -0.1) is 0 Å². The maximum atomic E-state index is 0. The first-order valence-electron chi connectivity index (χ1n) is 0. The predicted octanol–water partition coefficient (Wildman–Crippen LogP) is -1.65. The van der Waals surface area contributed by atoms with Crippen molar-refractivity contribution < 1.29 is 48.2 Å². The van der Waals surface area contributed by atoms with Gasteiger partial charge in [0.25, 0.3) is 0 Å². The van der Waals surface area contributed by atoms with Gasteiger partial charge >= 0.3 is 0 Å². The number of rotatable bonds is 0. The molecule has 2 nitrogen and oxygen atoms in total. The number of hydrogen-bond acceptors (Lipinski definition) is 0. The van der Waals surface area contributed by atoms with Gasteiger partial charge in [-0.3, -0.25) is 0 Å². The Kier molecular flexibility index (Phi) is 590. The minimum absolute atomic E-state index is 0. The molecule has 0 fully saturated rings. The van der Waals surface area contributed by atoms with Crippen LogP contribution in [-0.2, 0) is 37.2 Å². The summed E-state index contributed by atoms with van der Waals surface area (Å²) in [4.78, 5) is 0. The Morgan fingerprint density at radius 3 is 0.750 bits per heavy atom. The molecule has 0 aliphatic rings. The third kappa shape index (κ3) is 11.4. The van der Waals surface area contributed by atoms with Crippen LogP contribution in [-0.4, -0.2) is 11.0 Å². The standard InChI is InChI=1S/Co.2H2O.Pd/h;2*1H2;. The molecule has 0 saturated carbocycles. The summed E-state index contributed by atoms with van der Waals surface area (Å²) in [7, 11) is 0. The molecule has 0 aromatic rings. The van der Waals surface area contributed by atoms with Crippen molar-refractivity contribution in [2.75, 3.05) is 0 Å². The zero-order valence-corrected chi connectivity index (χ0v) is 4.25. The molecule has 4 heteroatoms. The average molecular weight is 201 g/mol. The molecular formula is H4CoO2Pd. The molecule has 0 aromatic heterocycles. The predicted molar refractivity (Wildman–Crippen MR) is 7.23 cm³/mol. The molecule has 0 saturated heterocycles. The van der Waals surface area contributed by atoms with E-state index in [1.807, 2.05) is 0 Å². The van der Waals surface area contributed by atoms with E-state index < -0.39 is 0 Å². The molecule has 0 aliphatic heterocycles. The van der Waals surface area contributed by atoms with Crippen molar-refractivity contribution in [1.29, 1.82) is 0 Å². The first-order valence-corrected chi connectivity index (χ1v) is 0. The minimum Gasteiger partial charge on any atom is -0.412 e. The van der Waals surface area contributed by atoms with Crippen molar-refractivity contribution in [1.82, 2.24) is 0 Å². The number of hydrogen-bond donors (Lipinski definition) is 0. The van der Waals surface area contributed by atoms with Crippen LogP contribution in [0, 0.1) is 0 Å². The Morgan fingerprint density at radius 2 is 0.750 bits per heavy atom. The second-order valence-corrected chi connectivity index (χ2v) is 0. The monoisotopic (exact) mass is 201 g/mol. The van der Waals surface area contributed by atoms with Gasteiger partial charge < -0.3 is 11.0 Å². The molecular weight excluding hydrogens is 197 g/mol. The van der Waals surface area contributed by atoms with Gasteiger partial charge in [-0.2, -0.15) is 0 Å². The molecule has 0 heterocycles. The third-order valence-corrected chi connectivity index (χ3v) is 0. The first-order chi connectivity index (χ1) is 0. The van der Waals surface area contributed by atoms with Crippen molar-refractivity contribution in [3.05, 3.63) is 0 Å². The van der Waals surface area contributed by atoms with Crippen LogP contribution in [0.3, 0.4) is 0 Å². The van der Waals surface area contributed by atoms with E-state index >= 15 is 0 Å². The fraction of sp³-hybridized carbons (Fsp3) is 0. The van der Waals surface area contributed by atoms with E-state index in [0.29, 0.717) is 0 Å². The topological polar surface area (TPSA) is 63.0 Å². The fourth-order valence-electron chi connectivity index (χ4n) is 0. The zero-order valence-electron chi connectivity index (χ0n) is 1.65. The van der Waals surface area contributed by atoms with Gasteiger partial charge in [0.05, 0.1) is 0 Å². The van der Waals surface area contributed by atoms with Crippen LogP contribution >= 0.6 is 0 Å². The normalized spacial score (nSPS) is 0. The van der Waals surface area contributed by atoms with Crippen LogP contribution in [0.15, 0.2) is 0 Å². The Bertz CT molecular complexity index is 6.00. The maximum absolute atomic E-state index is 0. The first kappa shape index (κ1) is 71.8. The van der Waals surface area contributed by atoms with Crippen molar-refractivity contribution >= 4 is 0 Å². The van der Waals surface area contributed by atoms with Gasteiger partial charge in [0, 0.05) is 37.2 Å². The average Bonchev–Trinajstić information content (AvgIpc) is 0. The maximum Gasteiger partial charge on any atom is 0 e. The molecule has 35 valence electrons. The third-order valence-electron chi connectivity index (χ3n) is 0. The van der Waals surface area contributed by atoms with Crippen molar-refractivity contribution in [3.63, 3.8) is 0 Å². The Labute approximate surface area is 48.4 Å². The van der Waals surface area contributed by atoms with Crippen molar-refractivity contribution in [3.8, 4) is 0 Å². The van der Waals surface area contributed by atoms with E-state index in [1.165, 1.54) is 0 Å². The van der Waals surface area contributed by atoms with Gasteiger partial charge in [-0.05, 0) is 0 Å². The fourth-order valence-corrected chi connectivity index (χ4v) is 0. The van der Waals surface area contributed by atoms with Gasteiger partial charge in [-0.25, -0.2) is 0 Å². The molecule has 4 N–H and O–H groups in total. The van der Waals surface area contributed by atoms with Crippen LogP contribution in [0.25, 0.3) is 0 Å². The molecule has 0 rings (SSSR count). The summed E-state index contributed by atoms with van der Waals surface area (Å²) < 4.78 is 0. The van der Waals surface area contributed by atoms with E-state index in [2.05, 4.69) is 0 Å². The van der Waals surface area contributed by atoms with Gasteiger partial charge in [0.2, 0.25) is 0 Å². The molecule has 0 unspecified atom stereocenters. The SMILES string of the molecule is O.O.[Co].[Pd]. The summed E-state index contributed by atoms with van der Waals surface area (Å²) >= 11 is 0. The molecule has 0 amide bonds. The van der Waals surface area contributed by atoms with Crippen LogP contribution in [0.2, 0.25) is 0 Å². The quantitative estimate of drug-likeness (QED) is 0.422. The van der Waals surface area contributed by atoms with Gasteiger partial charge in [-0.1, -0.05) is 0 Å². The minimum atomic E-state index is 0. The van der Waals surface area contributed by atoms with Crippen LogP contribution in [0.5, 0.6) is 0 Å². The van der Waals surface area contributed by atoms with Crippen LogP contribution in [0.1, 0.15) is 0 Å². The molecule has 0 bridgehead atoms. The van der Waals surface area contributed by atoms with Crippen LogP contribution < -0.4 is 0 Å². The Morgan fingerprint density at radius 1 is 0.750 bits per heavy atom. The molecule has 0 atom stereocenters. The van der Waals surface area contributed by atoms with Crippen molar-refractivity contribution in [2.45, 2.75) is 0 Å². The zero-order chi connectivity index (χ0) is 0. The summed E-state index contributed by atoms with van der Waals surface area (Å²) in [6.07, 6.45) is 0.